The predicted octanol–water partition coefficient (Wildman–Crippen LogP) is 2.49. The van der Waals surface area contributed by atoms with E-state index in [4.69, 9.17) is 19.2 Å². The number of pyridine rings is 1. The third kappa shape index (κ3) is 3.76. The van der Waals surface area contributed by atoms with Crippen LogP contribution in [0.2, 0.25) is 0 Å². The highest BCUT2D eigenvalue weighted by Gasteiger charge is 2.24. The van der Waals surface area contributed by atoms with Gasteiger partial charge in [0.25, 0.3) is 0 Å². The van der Waals surface area contributed by atoms with Crippen LogP contribution in [0.1, 0.15) is 17.4 Å². The van der Waals surface area contributed by atoms with Gasteiger partial charge in [-0.1, -0.05) is 12.1 Å². The van der Waals surface area contributed by atoms with Gasteiger partial charge in [-0.05, 0) is 29.8 Å². The molecule has 1 atom stereocenters. The zero-order chi connectivity index (χ0) is 17.9. The third-order valence-corrected chi connectivity index (χ3v) is 4.71. The molecule has 0 aliphatic carbocycles. The van der Waals surface area contributed by atoms with Crippen LogP contribution in [0.15, 0.2) is 36.4 Å². The Labute approximate surface area is 154 Å². The van der Waals surface area contributed by atoms with Crippen LogP contribution in [0.25, 0.3) is 0 Å². The molecule has 3 heterocycles. The molecule has 0 radical (unpaired) electrons. The molecule has 2 aliphatic heterocycles. The molecule has 6 heteroatoms. The molecular weight excluding hydrogens is 330 g/mol. The molecular formula is C20H25N3O3. The predicted molar refractivity (Wildman–Crippen MR) is 100.0 cm³/mol. The van der Waals surface area contributed by atoms with Crippen molar-refractivity contribution >= 4 is 5.82 Å². The van der Waals surface area contributed by atoms with E-state index in [2.05, 4.69) is 17.0 Å². The SMILES string of the molecule is CN(C)c1cccc(C2CN(Cc3ccc4c(c3)OCCO4)CCO2)n1. The average molecular weight is 355 g/mol. The van der Waals surface area contributed by atoms with Crippen molar-refractivity contribution in [1.29, 1.82) is 0 Å². The second-order valence-corrected chi connectivity index (χ2v) is 6.89. The minimum atomic E-state index is 0.000797. The number of morpholine rings is 1. The summed E-state index contributed by atoms with van der Waals surface area (Å²) < 4.78 is 17.3. The molecule has 0 bridgehead atoms. The quantitative estimate of drug-likeness (QED) is 0.840. The van der Waals surface area contributed by atoms with Crippen molar-refractivity contribution in [2.24, 2.45) is 0 Å². The van der Waals surface area contributed by atoms with Crippen molar-refractivity contribution < 1.29 is 14.2 Å². The first-order valence-corrected chi connectivity index (χ1v) is 9.06. The molecule has 1 unspecified atom stereocenters. The molecule has 0 amide bonds. The zero-order valence-electron chi connectivity index (χ0n) is 15.4. The lowest BCUT2D eigenvalue weighted by molar-refractivity contribution is -0.0349. The highest BCUT2D eigenvalue weighted by atomic mass is 16.6. The van der Waals surface area contributed by atoms with Crippen LogP contribution in [0, 0.1) is 0 Å². The van der Waals surface area contributed by atoms with Gasteiger partial charge in [0.1, 0.15) is 25.1 Å². The van der Waals surface area contributed by atoms with Gasteiger partial charge in [0, 0.05) is 33.7 Å². The number of fused-ring (bicyclic) bond motifs is 1. The highest BCUT2D eigenvalue weighted by molar-refractivity contribution is 5.43. The van der Waals surface area contributed by atoms with Crippen LogP contribution in [0.5, 0.6) is 11.5 Å². The van der Waals surface area contributed by atoms with E-state index < -0.39 is 0 Å². The number of nitrogens with zero attached hydrogens (tertiary/aromatic N) is 3. The van der Waals surface area contributed by atoms with E-state index in [1.807, 2.05) is 43.3 Å². The first-order chi connectivity index (χ1) is 12.7. The van der Waals surface area contributed by atoms with Crippen molar-refractivity contribution in [2.75, 3.05) is 51.9 Å². The Hall–Kier alpha value is -2.31. The van der Waals surface area contributed by atoms with Crippen LogP contribution in [0.4, 0.5) is 5.82 Å². The molecule has 26 heavy (non-hydrogen) atoms. The van der Waals surface area contributed by atoms with Crippen LogP contribution >= 0.6 is 0 Å². The lowest BCUT2D eigenvalue weighted by Crippen LogP contribution is -2.38. The van der Waals surface area contributed by atoms with Gasteiger partial charge < -0.3 is 19.1 Å². The molecule has 0 saturated carbocycles. The summed E-state index contributed by atoms with van der Waals surface area (Å²) in [5.74, 6) is 2.64. The maximum absolute atomic E-state index is 5.99. The number of anilines is 1. The number of aromatic nitrogens is 1. The fraction of sp³-hybridized carbons (Fsp3) is 0.450. The van der Waals surface area contributed by atoms with Crippen LogP contribution in [0.3, 0.4) is 0 Å². The topological polar surface area (TPSA) is 47.1 Å². The van der Waals surface area contributed by atoms with Gasteiger partial charge in [0.15, 0.2) is 11.5 Å². The van der Waals surface area contributed by atoms with Gasteiger partial charge in [-0.15, -0.1) is 0 Å². The van der Waals surface area contributed by atoms with E-state index in [-0.39, 0.29) is 6.10 Å². The maximum atomic E-state index is 5.99. The van der Waals surface area contributed by atoms with Crippen LogP contribution in [-0.4, -0.2) is 56.9 Å². The van der Waals surface area contributed by atoms with E-state index in [0.717, 1.165) is 42.6 Å². The molecule has 4 rings (SSSR count). The van der Waals surface area contributed by atoms with Gasteiger partial charge in [-0.3, -0.25) is 4.90 Å². The summed E-state index contributed by atoms with van der Waals surface area (Å²) in [6.07, 6.45) is 0.000797. The number of benzene rings is 1. The average Bonchev–Trinajstić information content (AvgIpc) is 2.68. The molecule has 1 saturated heterocycles. The van der Waals surface area contributed by atoms with Gasteiger partial charge >= 0.3 is 0 Å². The second kappa shape index (κ2) is 7.51. The fourth-order valence-corrected chi connectivity index (χ4v) is 3.34. The van der Waals surface area contributed by atoms with Gasteiger partial charge in [-0.25, -0.2) is 4.98 Å². The van der Waals surface area contributed by atoms with E-state index in [0.29, 0.717) is 19.8 Å². The summed E-state index contributed by atoms with van der Waals surface area (Å²) in [5, 5.41) is 0. The van der Waals surface area contributed by atoms with Crippen molar-refractivity contribution in [3.8, 4) is 11.5 Å². The lowest BCUT2D eigenvalue weighted by atomic mass is 10.1. The Balaban J connectivity index is 1.44. The minimum Gasteiger partial charge on any atom is -0.486 e. The standard InChI is InChI=1S/C20H25N3O3/c1-22(2)20-5-3-4-16(21-20)19-14-23(8-9-24-19)13-15-6-7-17-18(12-15)26-11-10-25-17/h3-7,12,19H,8-11,13-14H2,1-2H3. The smallest absolute Gasteiger partial charge is 0.161 e. The van der Waals surface area contributed by atoms with Crippen molar-refractivity contribution in [3.05, 3.63) is 47.7 Å². The molecule has 0 N–H and O–H groups in total. The van der Waals surface area contributed by atoms with Gasteiger partial charge in [-0.2, -0.15) is 0 Å². The summed E-state index contributed by atoms with van der Waals surface area (Å²) in [6.45, 7) is 4.56. The Morgan fingerprint density at radius 1 is 1.08 bits per heavy atom. The van der Waals surface area contributed by atoms with Gasteiger partial charge in [0.05, 0.1) is 12.3 Å². The molecule has 6 nitrogen and oxygen atoms in total. The summed E-state index contributed by atoms with van der Waals surface area (Å²) in [7, 11) is 4.00. The first kappa shape index (κ1) is 17.1. The Morgan fingerprint density at radius 3 is 2.77 bits per heavy atom. The zero-order valence-corrected chi connectivity index (χ0v) is 15.4. The number of rotatable bonds is 4. The Morgan fingerprint density at radius 2 is 1.92 bits per heavy atom. The maximum Gasteiger partial charge on any atom is 0.161 e. The summed E-state index contributed by atoms with van der Waals surface area (Å²) in [4.78, 5) is 9.15. The highest BCUT2D eigenvalue weighted by Crippen LogP contribution is 2.31. The van der Waals surface area contributed by atoms with Crippen molar-refractivity contribution in [2.45, 2.75) is 12.6 Å². The molecule has 2 aromatic rings. The fourth-order valence-electron chi connectivity index (χ4n) is 3.34. The largest absolute Gasteiger partial charge is 0.486 e. The number of hydrogen-bond acceptors (Lipinski definition) is 6. The first-order valence-electron chi connectivity index (χ1n) is 9.06. The second-order valence-electron chi connectivity index (χ2n) is 6.89. The van der Waals surface area contributed by atoms with Crippen LogP contribution in [-0.2, 0) is 11.3 Å². The van der Waals surface area contributed by atoms with Crippen molar-refractivity contribution in [3.63, 3.8) is 0 Å². The Bertz CT molecular complexity index is 766. The van der Waals surface area contributed by atoms with E-state index in [9.17, 15) is 0 Å². The summed E-state index contributed by atoms with van der Waals surface area (Å²) in [5.41, 5.74) is 2.22. The minimum absolute atomic E-state index is 0.000797. The van der Waals surface area contributed by atoms with Crippen molar-refractivity contribution in [1.82, 2.24) is 9.88 Å². The Kier molecular flexibility index (Phi) is 4.95. The normalized spacial score (nSPS) is 20.0. The summed E-state index contributed by atoms with van der Waals surface area (Å²) in [6, 6.07) is 12.3. The molecule has 1 aromatic heterocycles. The van der Waals surface area contributed by atoms with E-state index in [1.54, 1.807) is 0 Å². The third-order valence-electron chi connectivity index (χ3n) is 4.71. The molecule has 1 aromatic carbocycles. The van der Waals surface area contributed by atoms with E-state index >= 15 is 0 Å². The molecule has 0 spiro atoms. The molecule has 1 fully saturated rings. The molecule has 138 valence electrons. The number of ether oxygens (including phenoxy) is 3. The van der Waals surface area contributed by atoms with E-state index in [1.165, 1.54) is 5.56 Å². The lowest BCUT2D eigenvalue weighted by Gasteiger charge is -2.33. The molecule has 2 aliphatic rings. The van der Waals surface area contributed by atoms with Crippen LogP contribution < -0.4 is 14.4 Å². The van der Waals surface area contributed by atoms with Gasteiger partial charge in [0.2, 0.25) is 0 Å². The summed E-state index contributed by atoms with van der Waals surface area (Å²) >= 11 is 0. The monoisotopic (exact) mass is 355 g/mol. The number of hydrogen-bond donors (Lipinski definition) is 0.